The summed E-state index contributed by atoms with van der Waals surface area (Å²) >= 11 is 0. The molecular weight excluding hydrogens is 272 g/mol. The fraction of sp³-hybridized carbons (Fsp3) is 0.444. The van der Waals surface area contributed by atoms with E-state index in [1.807, 2.05) is 6.07 Å². The smallest absolute Gasteiger partial charge is 0.134 e. The van der Waals surface area contributed by atoms with Crippen LogP contribution in [-0.4, -0.2) is 29.6 Å². The molecule has 4 heteroatoms. The van der Waals surface area contributed by atoms with Crippen molar-refractivity contribution in [1.82, 2.24) is 9.97 Å². The SMILES string of the molecule is CC1CCN(c2cc(NCCc3ccccc3)ncn2)CC1. The van der Waals surface area contributed by atoms with Gasteiger partial charge in [-0.1, -0.05) is 37.3 Å². The molecule has 0 amide bonds. The van der Waals surface area contributed by atoms with Crippen molar-refractivity contribution in [1.29, 1.82) is 0 Å². The molecule has 1 N–H and O–H groups in total. The molecular formula is C18H24N4. The lowest BCUT2D eigenvalue weighted by atomic mass is 9.99. The van der Waals surface area contributed by atoms with E-state index in [9.17, 15) is 0 Å². The van der Waals surface area contributed by atoms with Gasteiger partial charge < -0.3 is 10.2 Å². The zero-order valence-corrected chi connectivity index (χ0v) is 13.2. The maximum atomic E-state index is 4.43. The minimum atomic E-state index is 0.835. The average molecular weight is 296 g/mol. The first-order valence-corrected chi connectivity index (χ1v) is 8.16. The Balaban J connectivity index is 1.55. The van der Waals surface area contributed by atoms with Gasteiger partial charge in [0.15, 0.2) is 0 Å². The highest BCUT2D eigenvalue weighted by Gasteiger charge is 2.17. The molecule has 1 aliphatic heterocycles. The summed E-state index contributed by atoms with van der Waals surface area (Å²) < 4.78 is 0. The summed E-state index contributed by atoms with van der Waals surface area (Å²) in [5.74, 6) is 2.80. The molecule has 1 fully saturated rings. The van der Waals surface area contributed by atoms with Gasteiger partial charge in [-0.05, 0) is 30.7 Å². The third-order valence-corrected chi connectivity index (χ3v) is 4.32. The summed E-state index contributed by atoms with van der Waals surface area (Å²) in [5.41, 5.74) is 1.34. The van der Waals surface area contributed by atoms with Gasteiger partial charge in [0.1, 0.15) is 18.0 Å². The highest BCUT2D eigenvalue weighted by atomic mass is 15.2. The Kier molecular flexibility index (Phi) is 4.88. The second-order valence-corrected chi connectivity index (χ2v) is 6.09. The number of benzene rings is 1. The van der Waals surface area contributed by atoms with Crippen molar-refractivity contribution in [3.05, 3.63) is 48.3 Å². The fourth-order valence-corrected chi connectivity index (χ4v) is 2.83. The number of rotatable bonds is 5. The van der Waals surface area contributed by atoms with Crippen LogP contribution in [0, 0.1) is 5.92 Å². The Labute approximate surface area is 132 Å². The van der Waals surface area contributed by atoms with E-state index in [0.717, 1.165) is 43.6 Å². The molecule has 1 aromatic heterocycles. The number of aromatic nitrogens is 2. The molecule has 3 rings (SSSR count). The van der Waals surface area contributed by atoms with Crippen LogP contribution in [-0.2, 0) is 6.42 Å². The quantitative estimate of drug-likeness (QED) is 0.918. The number of nitrogens with one attached hydrogen (secondary N) is 1. The van der Waals surface area contributed by atoms with Gasteiger partial charge in [0.05, 0.1) is 0 Å². The molecule has 22 heavy (non-hydrogen) atoms. The Morgan fingerprint density at radius 2 is 1.91 bits per heavy atom. The van der Waals surface area contributed by atoms with Gasteiger partial charge in [-0.15, -0.1) is 0 Å². The largest absolute Gasteiger partial charge is 0.370 e. The van der Waals surface area contributed by atoms with Gasteiger partial charge in [-0.25, -0.2) is 9.97 Å². The van der Waals surface area contributed by atoms with Gasteiger partial charge in [0.25, 0.3) is 0 Å². The molecule has 0 atom stereocenters. The molecule has 116 valence electrons. The summed E-state index contributed by atoms with van der Waals surface area (Å²) in [7, 11) is 0. The molecule has 4 nitrogen and oxygen atoms in total. The Hall–Kier alpha value is -2.10. The topological polar surface area (TPSA) is 41.0 Å². The predicted octanol–water partition coefficient (Wildman–Crippen LogP) is 3.37. The fourth-order valence-electron chi connectivity index (χ4n) is 2.83. The van der Waals surface area contributed by atoms with E-state index in [0.29, 0.717) is 0 Å². The van der Waals surface area contributed by atoms with Crippen LogP contribution < -0.4 is 10.2 Å². The van der Waals surface area contributed by atoms with E-state index in [-0.39, 0.29) is 0 Å². The Morgan fingerprint density at radius 3 is 2.68 bits per heavy atom. The minimum absolute atomic E-state index is 0.835. The van der Waals surface area contributed by atoms with Crippen LogP contribution in [0.2, 0.25) is 0 Å². The summed E-state index contributed by atoms with van der Waals surface area (Å²) in [6, 6.07) is 12.6. The molecule has 1 aliphatic rings. The number of hydrogen-bond donors (Lipinski definition) is 1. The highest BCUT2D eigenvalue weighted by Crippen LogP contribution is 2.22. The zero-order valence-electron chi connectivity index (χ0n) is 13.2. The lowest BCUT2D eigenvalue weighted by molar-refractivity contribution is 0.436. The van der Waals surface area contributed by atoms with E-state index < -0.39 is 0 Å². The van der Waals surface area contributed by atoms with Crippen LogP contribution >= 0.6 is 0 Å². The van der Waals surface area contributed by atoms with Crippen LogP contribution in [0.1, 0.15) is 25.3 Å². The maximum absolute atomic E-state index is 4.43. The van der Waals surface area contributed by atoms with Gasteiger partial charge in [0.2, 0.25) is 0 Å². The van der Waals surface area contributed by atoms with Crippen LogP contribution in [0.5, 0.6) is 0 Å². The van der Waals surface area contributed by atoms with Crippen molar-refractivity contribution in [3.8, 4) is 0 Å². The molecule has 0 unspecified atom stereocenters. The van der Waals surface area contributed by atoms with E-state index in [1.54, 1.807) is 6.33 Å². The lowest BCUT2D eigenvalue weighted by Crippen LogP contribution is -2.33. The Bertz CT molecular complexity index is 577. The van der Waals surface area contributed by atoms with Crippen LogP contribution in [0.3, 0.4) is 0 Å². The first-order valence-electron chi connectivity index (χ1n) is 8.16. The second kappa shape index (κ2) is 7.25. The second-order valence-electron chi connectivity index (χ2n) is 6.09. The van der Waals surface area contributed by atoms with Crippen molar-refractivity contribution < 1.29 is 0 Å². The van der Waals surface area contributed by atoms with Crippen LogP contribution in [0.25, 0.3) is 0 Å². The zero-order chi connectivity index (χ0) is 15.2. The summed E-state index contributed by atoms with van der Waals surface area (Å²) in [6.07, 6.45) is 5.17. The number of nitrogens with zero attached hydrogens (tertiary/aromatic N) is 3. The van der Waals surface area contributed by atoms with Crippen LogP contribution in [0.4, 0.5) is 11.6 Å². The van der Waals surface area contributed by atoms with Gasteiger partial charge in [-0.3, -0.25) is 0 Å². The van der Waals surface area contributed by atoms with Gasteiger partial charge >= 0.3 is 0 Å². The number of piperidine rings is 1. The van der Waals surface area contributed by atoms with Gasteiger partial charge in [0, 0.05) is 25.7 Å². The molecule has 0 bridgehead atoms. The molecule has 0 spiro atoms. The number of hydrogen-bond acceptors (Lipinski definition) is 4. The van der Waals surface area contributed by atoms with E-state index in [1.165, 1.54) is 18.4 Å². The molecule has 0 saturated carbocycles. The van der Waals surface area contributed by atoms with Crippen molar-refractivity contribution in [3.63, 3.8) is 0 Å². The monoisotopic (exact) mass is 296 g/mol. The number of anilines is 2. The van der Waals surface area contributed by atoms with E-state index in [2.05, 4.69) is 57.4 Å². The van der Waals surface area contributed by atoms with Gasteiger partial charge in [-0.2, -0.15) is 0 Å². The molecule has 2 aromatic rings. The molecule has 1 saturated heterocycles. The van der Waals surface area contributed by atoms with E-state index >= 15 is 0 Å². The van der Waals surface area contributed by atoms with E-state index in [4.69, 9.17) is 0 Å². The predicted molar refractivity (Wildman–Crippen MR) is 91.3 cm³/mol. The van der Waals surface area contributed by atoms with Crippen molar-refractivity contribution in [2.45, 2.75) is 26.2 Å². The lowest BCUT2D eigenvalue weighted by Gasteiger charge is -2.31. The summed E-state index contributed by atoms with van der Waals surface area (Å²) in [4.78, 5) is 11.1. The van der Waals surface area contributed by atoms with Crippen LogP contribution in [0.15, 0.2) is 42.7 Å². The molecule has 2 heterocycles. The average Bonchev–Trinajstić information content (AvgIpc) is 2.57. The maximum Gasteiger partial charge on any atom is 0.134 e. The minimum Gasteiger partial charge on any atom is -0.370 e. The molecule has 0 radical (unpaired) electrons. The van der Waals surface area contributed by atoms with Crippen molar-refractivity contribution in [2.24, 2.45) is 5.92 Å². The van der Waals surface area contributed by atoms with Crippen molar-refractivity contribution in [2.75, 3.05) is 29.9 Å². The first-order chi connectivity index (χ1) is 10.8. The normalized spacial score (nSPS) is 15.8. The standard InChI is InChI=1S/C18H24N4/c1-15-8-11-22(12-9-15)18-13-17(20-14-21-18)19-10-7-16-5-3-2-4-6-16/h2-6,13-15H,7-12H2,1H3,(H,19,20,21). The Morgan fingerprint density at radius 1 is 1.14 bits per heavy atom. The molecule has 0 aliphatic carbocycles. The summed E-state index contributed by atoms with van der Waals surface area (Å²) in [6.45, 7) is 5.41. The molecule has 1 aromatic carbocycles. The third kappa shape index (κ3) is 3.97. The summed E-state index contributed by atoms with van der Waals surface area (Å²) in [5, 5.41) is 3.40. The first kappa shape index (κ1) is 14.8. The third-order valence-electron chi connectivity index (χ3n) is 4.32. The highest BCUT2D eigenvalue weighted by molar-refractivity contribution is 5.48. The van der Waals surface area contributed by atoms with Crippen molar-refractivity contribution >= 4 is 11.6 Å².